The van der Waals surface area contributed by atoms with E-state index in [1.54, 1.807) is 14.0 Å². The van der Waals surface area contributed by atoms with E-state index in [0.717, 1.165) is 38.5 Å². The first-order valence-electron chi connectivity index (χ1n) is 8.49. The van der Waals surface area contributed by atoms with Crippen LogP contribution in [0.5, 0.6) is 0 Å². The van der Waals surface area contributed by atoms with Crippen molar-refractivity contribution in [2.24, 2.45) is 0 Å². The Bertz CT molecular complexity index is 544. The van der Waals surface area contributed by atoms with Crippen molar-refractivity contribution >= 4 is 11.7 Å². The third-order valence-corrected chi connectivity index (χ3v) is 4.72. The van der Waals surface area contributed by atoms with Gasteiger partial charge >= 0.3 is 0 Å². The molecule has 1 aromatic heterocycles. The summed E-state index contributed by atoms with van der Waals surface area (Å²) < 4.78 is 5.10. The van der Waals surface area contributed by atoms with Gasteiger partial charge in [-0.2, -0.15) is 0 Å². The van der Waals surface area contributed by atoms with Crippen molar-refractivity contribution in [3.63, 3.8) is 0 Å². The Hall–Kier alpha value is -1.66. The highest BCUT2D eigenvalue weighted by atomic mass is 16.5. The number of hydrogen-bond acceptors (Lipinski definition) is 5. The molecular weight excluding hydrogens is 304 g/mol. The van der Waals surface area contributed by atoms with Crippen LogP contribution in [0.15, 0.2) is 18.3 Å². The summed E-state index contributed by atoms with van der Waals surface area (Å²) in [6, 6.07) is 4.20. The molecule has 2 rings (SSSR count). The first-order chi connectivity index (χ1) is 11.3. The molecule has 1 fully saturated rings. The molecule has 0 aliphatic carbocycles. The number of carbonyl (C=O) groups excluding carboxylic acids is 1. The Balaban J connectivity index is 1.97. The zero-order valence-electron chi connectivity index (χ0n) is 15.6. The molecule has 1 amide bonds. The van der Waals surface area contributed by atoms with Crippen LogP contribution in [0.3, 0.4) is 0 Å². The van der Waals surface area contributed by atoms with Crippen molar-refractivity contribution < 1.29 is 9.53 Å². The zero-order chi connectivity index (χ0) is 17.7. The number of methoxy groups -OCH3 is 1. The maximum atomic E-state index is 11.6. The number of carbonyl (C=O) groups is 1. The smallest absolute Gasteiger partial charge is 0.219 e. The summed E-state index contributed by atoms with van der Waals surface area (Å²) in [7, 11) is 3.73. The lowest BCUT2D eigenvalue weighted by Crippen LogP contribution is -2.59. The highest BCUT2D eigenvalue weighted by Crippen LogP contribution is 2.23. The molecule has 2 heterocycles. The van der Waals surface area contributed by atoms with Crippen molar-refractivity contribution in [2.45, 2.75) is 32.9 Å². The molecule has 6 heteroatoms. The van der Waals surface area contributed by atoms with Gasteiger partial charge in [0.25, 0.3) is 0 Å². The third-order valence-electron chi connectivity index (χ3n) is 4.72. The highest BCUT2D eigenvalue weighted by molar-refractivity contribution is 5.73. The molecule has 1 saturated heterocycles. The molecule has 6 nitrogen and oxygen atoms in total. The van der Waals surface area contributed by atoms with Crippen molar-refractivity contribution in [1.29, 1.82) is 0 Å². The van der Waals surface area contributed by atoms with Gasteiger partial charge < -0.3 is 14.5 Å². The van der Waals surface area contributed by atoms with Crippen LogP contribution in [-0.2, 0) is 16.1 Å². The summed E-state index contributed by atoms with van der Waals surface area (Å²) >= 11 is 0. The molecule has 24 heavy (non-hydrogen) atoms. The number of rotatable bonds is 6. The van der Waals surface area contributed by atoms with E-state index < -0.39 is 0 Å². The molecule has 0 saturated carbocycles. The summed E-state index contributed by atoms with van der Waals surface area (Å²) in [5, 5.41) is 0. The number of pyridine rings is 1. The maximum Gasteiger partial charge on any atom is 0.219 e. The van der Waals surface area contributed by atoms with Crippen LogP contribution < -0.4 is 4.90 Å². The lowest BCUT2D eigenvalue weighted by molar-refractivity contribution is -0.134. The minimum atomic E-state index is -0.0299. The van der Waals surface area contributed by atoms with E-state index in [1.165, 1.54) is 5.56 Å². The molecule has 1 aromatic rings. The van der Waals surface area contributed by atoms with Crippen LogP contribution in [0.1, 0.15) is 26.3 Å². The van der Waals surface area contributed by atoms with Gasteiger partial charge in [-0.1, -0.05) is 6.07 Å². The minimum Gasteiger partial charge on any atom is -0.383 e. The van der Waals surface area contributed by atoms with Gasteiger partial charge in [0.05, 0.1) is 6.61 Å². The van der Waals surface area contributed by atoms with Crippen LogP contribution >= 0.6 is 0 Å². The molecule has 0 radical (unpaired) electrons. The van der Waals surface area contributed by atoms with Crippen molar-refractivity contribution in [2.75, 3.05) is 51.8 Å². The molecule has 1 aliphatic rings. The Morgan fingerprint density at radius 1 is 1.38 bits per heavy atom. The average Bonchev–Trinajstić information content (AvgIpc) is 2.54. The first kappa shape index (κ1) is 18.7. The van der Waals surface area contributed by atoms with Crippen LogP contribution in [0.4, 0.5) is 5.82 Å². The van der Waals surface area contributed by atoms with Crippen LogP contribution in [-0.4, -0.2) is 73.2 Å². The van der Waals surface area contributed by atoms with Gasteiger partial charge in [-0.25, -0.2) is 4.98 Å². The summed E-state index contributed by atoms with van der Waals surface area (Å²) in [6.07, 6.45) is 1.95. The second-order valence-corrected chi connectivity index (χ2v) is 7.11. The second-order valence-electron chi connectivity index (χ2n) is 7.11. The van der Waals surface area contributed by atoms with Gasteiger partial charge in [-0.05, 0) is 25.5 Å². The molecule has 0 bridgehead atoms. The summed E-state index contributed by atoms with van der Waals surface area (Å²) in [4.78, 5) is 22.6. The maximum absolute atomic E-state index is 11.6. The molecule has 0 aromatic carbocycles. The Morgan fingerprint density at radius 2 is 2.12 bits per heavy atom. The topological polar surface area (TPSA) is 48.9 Å². The van der Waals surface area contributed by atoms with E-state index in [2.05, 4.69) is 40.8 Å². The third kappa shape index (κ3) is 4.68. The summed E-state index contributed by atoms with van der Waals surface area (Å²) in [5.41, 5.74) is 1.17. The molecule has 1 aliphatic heterocycles. The fraction of sp³-hybridized carbons (Fsp3) is 0.667. The van der Waals surface area contributed by atoms with Gasteiger partial charge in [0.1, 0.15) is 5.82 Å². The van der Waals surface area contributed by atoms with Gasteiger partial charge in [-0.15, -0.1) is 0 Å². The number of nitrogens with zero attached hydrogens (tertiary/aromatic N) is 4. The SMILES string of the molecule is COCCN(C)c1ccc(CN2CCN(C(C)=O)CC2(C)C)cn1. The van der Waals surface area contributed by atoms with E-state index in [9.17, 15) is 4.79 Å². The molecular formula is C18H30N4O2. The number of amides is 1. The van der Waals surface area contributed by atoms with E-state index in [0.29, 0.717) is 6.61 Å². The number of piperazine rings is 1. The lowest BCUT2D eigenvalue weighted by Gasteiger charge is -2.47. The lowest BCUT2D eigenvalue weighted by atomic mass is 9.98. The highest BCUT2D eigenvalue weighted by Gasteiger charge is 2.34. The Morgan fingerprint density at radius 3 is 2.67 bits per heavy atom. The first-order valence-corrected chi connectivity index (χ1v) is 8.49. The summed E-state index contributed by atoms with van der Waals surface area (Å²) in [5.74, 6) is 1.12. The molecule has 0 atom stereocenters. The normalized spacial score (nSPS) is 17.8. The van der Waals surface area contributed by atoms with Crippen molar-refractivity contribution in [3.05, 3.63) is 23.9 Å². The summed E-state index contributed by atoms with van der Waals surface area (Å²) in [6.45, 7) is 10.9. The molecule has 0 spiro atoms. The van der Waals surface area contributed by atoms with Gasteiger partial charge in [0.2, 0.25) is 5.91 Å². The van der Waals surface area contributed by atoms with Crippen LogP contribution in [0, 0.1) is 0 Å². The average molecular weight is 334 g/mol. The van der Waals surface area contributed by atoms with E-state index in [-0.39, 0.29) is 11.4 Å². The largest absolute Gasteiger partial charge is 0.383 e. The molecule has 0 unspecified atom stereocenters. The van der Waals surface area contributed by atoms with E-state index >= 15 is 0 Å². The number of hydrogen-bond donors (Lipinski definition) is 0. The monoisotopic (exact) mass is 334 g/mol. The fourth-order valence-corrected chi connectivity index (χ4v) is 3.05. The second kappa shape index (κ2) is 7.94. The Kier molecular flexibility index (Phi) is 6.18. The minimum absolute atomic E-state index is 0.0299. The number of likely N-dealkylation sites (N-methyl/N-ethyl adjacent to an activating group) is 1. The van der Waals surface area contributed by atoms with Crippen LogP contribution in [0.25, 0.3) is 0 Å². The van der Waals surface area contributed by atoms with Gasteiger partial charge in [0.15, 0.2) is 0 Å². The van der Waals surface area contributed by atoms with E-state index in [4.69, 9.17) is 4.74 Å². The molecule has 134 valence electrons. The fourth-order valence-electron chi connectivity index (χ4n) is 3.05. The van der Waals surface area contributed by atoms with Gasteiger partial charge in [-0.3, -0.25) is 9.69 Å². The standard InChI is InChI=1S/C18H30N4O2/c1-15(23)21-8-9-22(18(2,3)14-21)13-16-6-7-17(19-12-16)20(4)10-11-24-5/h6-7,12H,8-11,13-14H2,1-5H3. The Labute approximate surface area is 145 Å². The predicted octanol–water partition coefficient (Wildman–Crippen LogP) is 1.61. The van der Waals surface area contributed by atoms with Crippen LogP contribution in [0.2, 0.25) is 0 Å². The zero-order valence-corrected chi connectivity index (χ0v) is 15.6. The van der Waals surface area contributed by atoms with Crippen molar-refractivity contribution in [1.82, 2.24) is 14.8 Å². The van der Waals surface area contributed by atoms with Gasteiger partial charge in [0, 0.05) is 65.5 Å². The predicted molar refractivity (Wildman–Crippen MR) is 96.1 cm³/mol. The number of anilines is 1. The molecule has 0 N–H and O–H groups in total. The quantitative estimate of drug-likeness (QED) is 0.791. The van der Waals surface area contributed by atoms with Crippen molar-refractivity contribution in [3.8, 4) is 0 Å². The van der Waals surface area contributed by atoms with E-state index in [1.807, 2.05) is 18.1 Å². The number of ether oxygens (including phenoxy) is 1. The number of aromatic nitrogens is 1.